The summed E-state index contributed by atoms with van der Waals surface area (Å²) in [6.07, 6.45) is 4.43. The highest BCUT2D eigenvalue weighted by molar-refractivity contribution is 5.86. The minimum Gasteiger partial charge on any atom is -0.302 e. The molecule has 1 heteroatoms. The molecule has 1 nitrogen and oxygen atoms in total. The summed E-state index contributed by atoms with van der Waals surface area (Å²) in [6, 6.07) is 25.8. The maximum atomic E-state index is 2.38. The van der Waals surface area contributed by atoms with Crippen molar-refractivity contribution in [3.63, 3.8) is 0 Å². The number of fused-ring (bicyclic) bond motifs is 1. The quantitative estimate of drug-likeness (QED) is 0.573. The summed E-state index contributed by atoms with van der Waals surface area (Å²) >= 11 is 0. The van der Waals surface area contributed by atoms with Gasteiger partial charge in [0.15, 0.2) is 0 Å². The van der Waals surface area contributed by atoms with Crippen LogP contribution in [0.25, 0.3) is 16.8 Å². The summed E-state index contributed by atoms with van der Waals surface area (Å²) in [5.41, 5.74) is 2.69. The van der Waals surface area contributed by atoms with E-state index in [4.69, 9.17) is 0 Å². The molecule has 1 atom stereocenters. The maximum Gasteiger partial charge on any atom is 0.0163 e. The first-order valence-corrected chi connectivity index (χ1v) is 8.62. The van der Waals surface area contributed by atoms with Crippen LogP contribution in [0.15, 0.2) is 78.9 Å². The van der Waals surface area contributed by atoms with Gasteiger partial charge < -0.3 is 4.90 Å². The summed E-state index contributed by atoms with van der Waals surface area (Å²) in [4.78, 5) is 2.38. The van der Waals surface area contributed by atoms with Crippen LogP contribution in [0.2, 0.25) is 0 Å². The molecule has 0 radical (unpaired) electrons. The molecule has 0 fully saturated rings. The van der Waals surface area contributed by atoms with Gasteiger partial charge in [-0.2, -0.15) is 0 Å². The summed E-state index contributed by atoms with van der Waals surface area (Å²) in [7, 11) is 2.19. The molecule has 0 saturated carbocycles. The molecule has 0 amide bonds. The van der Waals surface area contributed by atoms with Crippen molar-refractivity contribution >= 4 is 16.8 Å². The van der Waals surface area contributed by atoms with Gasteiger partial charge in [0, 0.05) is 13.1 Å². The van der Waals surface area contributed by atoms with Crippen LogP contribution in [0, 0.1) is 0 Å². The van der Waals surface area contributed by atoms with Crippen LogP contribution in [-0.2, 0) is 0 Å². The highest BCUT2D eigenvalue weighted by Crippen LogP contribution is 2.25. The zero-order chi connectivity index (χ0) is 16.8. The minimum absolute atomic E-state index is 0.506. The van der Waals surface area contributed by atoms with Crippen molar-refractivity contribution in [2.45, 2.75) is 12.8 Å². The fourth-order valence-electron chi connectivity index (χ4n) is 3.25. The van der Waals surface area contributed by atoms with Crippen molar-refractivity contribution in [1.82, 2.24) is 4.90 Å². The summed E-state index contributed by atoms with van der Waals surface area (Å²) in [5.74, 6) is 0.506. The molecule has 3 aromatic carbocycles. The standard InChI is InChI=1S/C23H25N/c1-19(22-16-8-14-21-13-6-7-15-23(21)22)18-24(2)17-9-12-20-10-4-3-5-11-20/h3-16,19H,17-18H2,1-2H3/b12-9+. The number of hydrogen-bond acceptors (Lipinski definition) is 1. The van der Waals surface area contributed by atoms with Crippen LogP contribution in [-0.4, -0.2) is 25.0 Å². The van der Waals surface area contributed by atoms with E-state index in [0.717, 1.165) is 13.1 Å². The van der Waals surface area contributed by atoms with Crippen LogP contribution in [0.5, 0.6) is 0 Å². The van der Waals surface area contributed by atoms with E-state index in [-0.39, 0.29) is 0 Å². The van der Waals surface area contributed by atoms with Gasteiger partial charge in [-0.05, 0) is 34.9 Å². The first-order chi connectivity index (χ1) is 11.7. The average Bonchev–Trinajstić information content (AvgIpc) is 2.62. The third-order valence-electron chi connectivity index (χ3n) is 4.47. The van der Waals surface area contributed by atoms with Crippen LogP contribution >= 0.6 is 0 Å². The number of likely N-dealkylation sites (N-methyl/N-ethyl adjacent to an activating group) is 1. The fourth-order valence-corrected chi connectivity index (χ4v) is 3.25. The van der Waals surface area contributed by atoms with Crippen molar-refractivity contribution in [3.8, 4) is 0 Å². The van der Waals surface area contributed by atoms with Gasteiger partial charge in [-0.15, -0.1) is 0 Å². The van der Waals surface area contributed by atoms with Gasteiger partial charge in [0.25, 0.3) is 0 Å². The highest BCUT2D eigenvalue weighted by Gasteiger charge is 2.11. The van der Waals surface area contributed by atoms with E-state index in [9.17, 15) is 0 Å². The second-order valence-electron chi connectivity index (χ2n) is 6.50. The Balaban J connectivity index is 1.63. The number of benzene rings is 3. The van der Waals surface area contributed by atoms with Gasteiger partial charge in [-0.3, -0.25) is 0 Å². The van der Waals surface area contributed by atoms with E-state index >= 15 is 0 Å². The van der Waals surface area contributed by atoms with Gasteiger partial charge in [-0.1, -0.05) is 91.9 Å². The molecule has 0 spiro atoms. The molecule has 3 aromatic rings. The third kappa shape index (κ3) is 4.12. The Morgan fingerprint density at radius 3 is 2.42 bits per heavy atom. The van der Waals surface area contributed by atoms with E-state index in [1.165, 1.54) is 21.9 Å². The van der Waals surface area contributed by atoms with Crippen molar-refractivity contribution < 1.29 is 0 Å². The normalized spacial score (nSPS) is 13.0. The minimum atomic E-state index is 0.506. The zero-order valence-electron chi connectivity index (χ0n) is 14.5. The first-order valence-electron chi connectivity index (χ1n) is 8.62. The molecule has 1 unspecified atom stereocenters. The van der Waals surface area contributed by atoms with Crippen LogP contribution in [0.1, 0.15) is 24.0 Å². The molecule has 0 saturated heterocycles. The molecule has 0 bridgehead atoms. The van der Waals surface area contributed by atoms with Gasteiger partial charge in [0.2, 0.25) is 0 Å². The predicted molar refractivity (Wildman–Crippen MR) is 105 cm³/mol. The average molecular weight is 315 g/mol. The Bertz CT molecular complexity index is 799. The lowest BCUT2D eigenvalue weighted by molar-refractivity contribution is 0.350. The number of rotatable bonds is 6. The molecule has 0 N–H and O–H groups in total. The highest BCUT2D eigenvalue weighted by atomic mass is 15.1. The largest absolute Gasteiger partial charge is 0.302 e. The summed E-state index contributed by atoms with van der Waals surface area (Å²) in [5, 5.41) is 2.70. The predicted octanol–water partition coefficient (Wildman–Crippen LogP) is 5.59. The van der Waals surface area contributed by atoms with Gasteiger partial charge in [0.05, 0.1) is 0 Å². The summed E-state index contributed by atoms with van der Waals surface area (Å²) in [6.45, 7) is 4.33. The molecule has 0 aliphatic heterocycles. The maximum absolute atomic E-state index is 2.38. The third-order valence-corrected chi connectivity index (χ3v) is 4.47. The lowest BCUT2D eigenvalue weighted by atomic mass is 9.94. The number of nitrogens with zero attached hydrogens (tertiary/aromatic N) is 1. The van der Waals surface area contributed by atoms with Gasteiger partial charge in [-0.25, -0.2) is 0 Å². The SMILES string of the molecule is CC(CN(C)C/C=C/c1ccccc1)c1cccc2ccccc12. The monoisotopic (exact) mass is 315 g/mol. The Labute approximate surface area is 145 Å². The topological polar surface area (TPSA) is 3.24 Å². The lowest BCUT2D eigenvalue weighted by Gasteiger charge is -2.21. The van der Waals surface area contributed by atoms with E-state index in [1.807, 2.05) is 0 Å². The lowest BCUT2D eigenvalue weighted by Crippen LogP contribution is -2.23. The Morgan fingerprint density at radius 1 is 0.875 bits per heavy atom. The molecular formula is C23H25N. The smallest absolute Gasteiger partial charge is 0.0163 e. The second kappa shape index (κ2) is 7.94. The molecule has 0 aliphatic rings. The van der Waals surface area contributed by atoms with Crippen molar-refractivity contribution in [2.24, 2.45) is 0 Å². The van der Waals surface area contributed by atoms with E-state index in [0.29, 0.717) is 5.92 Å². The molecule has 24 heavy (non-hydrogen) atoms. The van der Waals surface area contributed by atoms with E-state index < -0.39 is 0 Å². The Hall–Kier alpha value is -2.38. The van der Waals surface area contributed by atoms with Gasteiger partial charge >= 0.3 is 0 Å². The first kappa shape index (κ1) is 16.5. The Morgan fingerprint density at radius 2 is 1.58 bits per heavy atom. The molecule has 122 valence electrons. The van der Waals surface area contributed by atoms with Crippen LogP contribution in [0.3, 0.4) is 0 Å². The Kier molecular flexibility index (Phi) is 5.45. The van der Waals surface area contributed by atoms with Crippen molar-refractivity contribution in [1.29, 1.82) is 0 Å². The molecule has 0 aromatic heterocycles. The van der Waals surface area contributed by atoms with Crippen molar-refractivity contribution in [2.75, 3.05) is 20.1 Å². The van der Waals surface area contributed by atoms with Gasteiger partial charge in [0.1, 0.15) is 0 Å². The zero-order valence-corrected chi connectivity index (χ0v) is 14.5. The molecule has 3 rings (SSSR count). The van der Waals surface area contributed by atoms with E-state index in [1.54, 1.807) is 0 Å². The van der Waals surface area contributed by atoms with Crippen molar-refractivity contribution in [3.05, 3.63) is 90.0 Å². The van der Waals surface area contributed by atoms with E-state index in [2.05, 4.69) is 104 Å². The fraction of sp³-hybridized carbons (Fsp3) is 0.217. The second-order valence-corrected chi connectivity index (χ2v) is 6.50. The molecular weight excluding hydrogens is 290 g/mol. The van der Waals surface area contributed by atoms with Crippen LogP contribution in [0.4, 0.5) is 0 Å². The summed E-state index contributed by atoms with van der Waals surface area (Å²) < 4.78 is 0. The molecule has 0 aliphatic carbocycles. The van der Waals surface area contributed by atoms with Crippen LogP contribution < -0.4 is 0 Å². The molecule has 0 heterocycles. The number of hydrogen-bond donors (Lipinski definition) is 0.